The summed E-state index contributed by atoms with van der Waals surface area (Å²) in [7, 11) is -3.64. The van der Waals surface area contributed by atoms with E-state index in [2.05, 4.69) is 4.72 Å². The van der Waals surface area contributed by atoms with Gasteiger partial charge in [0.15, 0.2) is 0 Å². The minimum Gasteiger partial charge on any atom is -0.481 e. The van der Waals surface area contributed by atoms with Gasteiger partial charge in [-0.05, 0) is 25.0 Å². The third kappa shape index (κ3) is 3.19. The second-order valence-electron chi connectivity index (χ2n) is 5.28. The number of carboxylic acids is 1. The number of aliphatic carboxylic acids is 1. The molecule has 0 saturated heterocycles. The molecule has 1 aliphatic carbocycles. The van der Waals surface area contributed by atoms with Gasteiger partial charge in [-0.3, -0.25) is 4.79 Å². The van der Waals surface area contributed by atoms with Crippen LogP contribution in [-0.2, 0) is 14.8 Å². The van der Waals surface area contributed by atoms with Crippen LogP contribution in [0.1, 0.15) is 32.1 Å². The van der Waals surface area contributed by atoms with Crippen LogP contribution in [0.4, 0.5) is 0 Å². The molecular weight excluding hydrogens is 278 g/mol. The molecule has 2 N–H and O–H groups in total. The number of carbonyl (C=O) groups is 1. The zero-order valence-corrected chi connectivity index (χ0v) is 12.0. The first kappa shape index (κ1) is 15.0. The SMILES string of the molecule is O=C(O)C1(CNS(=O)(=O)c2ccccc2)CCCCC1. The molecular formula is C14H19NO4S. The van der Waals surface area contributed by atoms with Gasteiger partial charge in [0.25, 0.3) is 0 Å². The average Bonchev–Trinajstić information content (AvgIpc) is 2.47. The molecule has 20 heavy (non-hydrogen) atoms. The van der Waals surface area contributed by atoms with E-state index in [9.17, 15) is 18.3 Å². The number of rotatable bonds is 5. The zero-order chi connectivity index (χ0) is 14.6. The van der Waals surface area contributed by atoms with Gasteiger partial charge in [0.1, 0.15) is 0 Å². The normalized spacial score (nSPS) is 18.6. The maximum absolute atomic E-state index is 12.1. The average molecular weight is 297 g/mol. The van der Waals surface area contributed by atoms with E-state index in [-0.39, 0.29) is 11.4 Å². The van der Waals surface area contributed by atoms with Gasteiger partial charge in [0.05, 0.1) is 10.3 Å². The van der Waals surface area contributed by atoms with Crippen molar-refractivity contribution in [2.45, 2.75) is 37.0 Å². The van der Waals surface area contributed by atoms with Crippen LogP contribution in [0.15, 0.2) is 35.2 Å². The van der Waals surface area contributed by atoms with Gasteiger partial charge in [-0.15, -0.1) is 0 Å². The number of nitrogens with one attached hydrogen (secondary N) is 1. The van der Waals surface area contributed by atoms with Gasteiger partial charge in [-0.2, -0.15) is 0 Å². The number of hydrogen-bond acceptors (Lipinski definition) is 3. The quantitative estimate of drug-likeness (QED) is 0.870. The molecule has 0 unspecified atom stereocenters. The molecule has 1 aromatic carbocycles. The highest BCUT2D eigenvalue weighted by molar-refractivity contribution is 7.89. The monoisotopic (exact) mass is 297 g/mol. The highest BCUT2D eigenvalue weighted by Gasteiger charge is 2.40. The van der Waals surface area contributed by atoms with Crippen LogP contribution in [0.2, 0.25) is 0 Å². The van der Waals surface area contributed by atoms with Crippen LogP contribution in [0.5, 0.6) is 0 Å². The van der Waals surface area contributed by atoms with E-state index < -0.39 is 21.4 Å². The number of carboxylic acid groups (broad SMARTS) is 1. The Morgan fingerprint density at radius 2 is 1.75 bits per heavy atom. The van der Waals surface area contributed by atoms with Gasteiger partial charge < -0.3 is 5.11 Å². The Kier molecular flexibility index (Phi) is 4.45. The van der Waals surface area contributed by atoms with E-state index in [1.807, 2.05) is 0 Å². The fourth-order valence-corrected chi connectivity index (χ4v) is 3.76. The van der Waals surface area contributed by atoms with Crippen molar-refractivity contribution in [1.29, 1.82) is 0 Å². The second kappa shape index (κ2) is 5.93. The van der Waals surface area contributed by atoms with Crippen molar-refractivity contribution in [3.05, 3.63) is 30.3 Å². The van der Waals surface area contributed by atoms with E-state index in [4.69, 9.17) is 0 Å². The number of hydrogen-bond donors (Lipinski definition) is 2. The Labute approximate surface area is 119 Å². The molecule has 5 nitrogen and oxygen atoms in total. The minimum absolute atomic E-state index is 0.0421. The molecule has 0 radical (unpaired) electrons. The van der Waals surface area contributed by atoms with Crippen LogP contribution in [0.3, 0.4) is 0 Å². The van der Waals surface area contributed by atoms with Gasteiger partial charge in [-0.1, -0.05) is 37.5 Å². The second-order valence-corrected chi connectivity index (χ2v) is 7.05. The summed E-state index contributed by atoms with van der Waals surface area (Å²) in [5.74, 6) is -0.909. The van der Waals surface area contributed by atoms with E-state index >= 15 is 0 Å². The Hall–Kier alpha value is -1.40. The molecule has 0 aliphatic heterocycles. The maximum Gasteiger partial charge on any atom is 0.310 e. The Bertz CT molecular complexity index is 562. The smallest absolute Gasteiger partial charge is 0.310 e. The molecule has 0 heterocycles. The fourth-order valence-electron chi connectivity index (χ4n) is 2.61. The third-order valence-corrected chi connectivity index (χ3v) is 5.34. The summed E-state index contributed by atoms with van der Waals surface area (Å²) in [6.07, 6.45) is 3.73. The molecule has 1 aliphatic rings. The van der Waals surface area contributed by atoms with Crippen LogP contribution in [-0.4, -0.2) is 26.0 Å². The van der Waals surface area contributed by atoms with E-state index in [0.29, 0.717) is 12.8 Å². The van der Waals surface area contributed by atoms with Gasteiger partial charge in [0, 0.05) is 6.54 Å². The molecule has 0 atom stereocenters. The lowest BCUT2D eigenvalue weighted by Gasteiger charge is -2.33. The number of sulfonamides is 1. The Morgan fingerprint density at radius 3 is 2.30 bits per heavy atom. The highest BCUT2D eigenvalue weighted by Crippen LogP contribution is 2.36. The maximum atomic E-state index is 12.1. The van der Waals surface area contributed by atoms with E-state index in [1.54, 1.807) is 18.2 Å². The van der Waals surface area contributed by atoms with Crippen molar-refractivity contribution >= 4 is 16.0 Å². The number of benzene rings is 1. The molecule has 0 aromatic heterocycles. The molecule has 1 aromatic rings. The van der Waals surface area contributed by atoms with Crippen molar-refractivity contribution in [2.75, 3.05) is 6.54 Å². The van der Waals surface area contributed by atoms with Gasteiger partial charge in [0.2, 0.25) is 10.0 Å². The summed E-state index contributed by atoms with van der Waals surface area (Å²) in [6.45, 7) is -0.0421. The molecule has 0 bridgehead atoms. The van der Waals surface area contributed by atoms with Crippen molar-refractivity contribution in [3.63, 3.8) is 0 Å². The van der Waals surface area contributed by atoms with Crippen LogP contribution >= 0.6 is 0 Å². The molecule has 0 spiro atoms. The summed E-state index contributed by atoms with van der Waals surface area (Å²) in [6, 6.07) is 8.01. The molecule has 110 valence electrons. The first-order chi connectivity index (χ1) is 9.46. The summed E-state index contributed by atoms with van der Waals surface area (Å²) in [4.78, 5) is 11.7. The van der Waals surface area contributed by atoms with Crippen molar-refractivity contribution in [3.8, 4) is 0 Å². The van der Waals surface area contributed by atoms with E-state index in [0.717, 1.165) is 19.3 Å². The third-order valence-electron chi connectivity index (χ3n) is 3.92. The molecule has 1 saturated carbocycles. The standard InChI is InChI=1S/C14H19NO4S/c16-13(17)14(9-5-2-6-10-14)11-15-20(18,19)12-7-3-1-4-8-12/h1,3-4,7-8,15H,2,5-6,9-11H2,(H,16,17). The van der Waals surface area contributed by atoms with Gasteiger partial charge in [-0.25, -0.2) is 13.1 Å². The zero-order valence-electron chi connectivity index (χ0n) is 11.2. The van der Waals surface area contributed by atoms with Crippen molar-refractivity contribution in [2.24, 2.45) is 5.41 Å². The molecule has 6 heteroatoms. The molecule has 1 fully saturated rings. The first-order valence-corrected chi connectivity index (χ1v) is 8.23. The summed E-state index contributed by atoms with van der Waals surface area (Å²) < 4.78 is 26.7. The summed E-state index contributed by atoms with van der Waals surface area (Å²) in [5.41, 5.74) is -0.958. The van der Waals surface area contributed by atoms with Crippen molar-refractivity contribution < 1.29 is 18.3 Å². The highest BCUT2D eigenvalue weighted by atomic mass is 32.2. The Balaban J connectivity index is 2.12. The largest absolute Gasteiger partial charge is 0.481 e. The van der Waals surface area contributed by atoms with Crippen LogP contribution in [0.25, 0.3) is 0 Å². The van der Waals surface area contributed by atoms with Crippen molar-refractivity contribution in [1.82, 2.24) is 4.72 Å². The predicted molar refractivity (Wildman–Crippen MR) is 74.8 cm³/mol. The lowest BCUT2D eigenvalue weighted by molar-refractivity contribution is -0.150. The minimum atomic E-state index is -3.64. The molecule has 2 rings (SSSR count). The Morgan fingerprint density at radius 1 is 1.15 bits per heavy atom. The van der Waals surface area contributed by atoms with E-state index in [1.165, 1.54) is 12.1 Å². The summed E-state index contributed by atoms with van der Waals surface area (Å²) >= 11 is 0. The lowest BCUT2D eigenvalue weighted by atomic mass is 9.74. The van der Waals surface area contributed by atoms with Gasteiger partial charge >= 0.3 is 5.97 Å². The first-order valence-electron chi connectivity index (χ1n) is 6.74. The topological polar surface area (TPSA) is 83.5 Å². The van der Waals surface area contributed by atoms with Crippen LogP contribution in [0, 0.1) is 5.41 Å². The fraction of sp³-hybridized carbons (Fsp3) is 0.500. The summed E-state index contributed by atoms with van der Waals surface area (Å²) in [5, 5.41) is 9.42. The molecule has 0 amide bonds. The van der Waals surface area contributed by atoms with Crippen LogP contribution < -0.4 is 4.72 Å². The predicted octanol–water partition coefficient (Wildman–Crippen LogP) is 2.00. The lowest BCUT2D eigenvalue weighted by Crippen LogP contribution is -2.44.